The largest absolute Gasteiger partial charge is 0.381 e. The Hall–Kier alpha value is -2.05. The number of nitrogens with one attached hydrogen (secondary N) is 1. The van der Waals surface area contributed by atoms with Crippen LogP contribution in [0.25, 0.3) is 11.4 Å². The first-order valence-electron chi connectivity index (χ1n) is 8.76. The quantitative estimate of drug-likeness (QED) is 0.902. The SMILES string of the molecule is Cc1nc(-c2ccncc2)nc(NCC2(N(C)C)CCOCC2)c1C. The lowest BCUT2D eigenvalue weighted by atomic mass is 9.88. The van der Waals surface area contributed by atoms with Gasteiger partial charge in [0.25, 0.3) is 0 Å². The monoisotopic (exact) mass is 341 g/mol. The van der Waals surface area contributed by atoms with E-state index in [-0.39, 0.29) is 5.54 Å². The van der Waals surface area contributed by atoms with Gasteiger partial charge in [-0.3, -0.25) is 4.98 Å². The van der Waals surface area contributed by atoms with E-state index in [1.165, 1.54) is 0 Å². The maximum Gasteiger partial charge on any atom is 0.161 e. The smallest absolute Gasteiger partial charge is 0.161 e. The van der Waals surface area contributed by atoms with E-state index >= 15 is 0 Å². The second-order valence-corrected chi connectivity index (χ2v) is 6.93. The van der Waals surface area contributed by atoms with Crippen molar-refractivity contribution in [3.8, 4) is 11.4 Å². The predicted molar refractivity (Wildman–Crippen MR) is 99.7 cm³/mol. The fraction of sp³-hybridized carbons (Fsp3) is 0.526. The number of hydrogen-bond acceptors (Lipinski definition) is 6. The van der Waals surface area contributed by atoms with Crippen molar-refractivity contribution in [3.63, 3.8) is 0 Å². The van der Waals surface area contributed by atoms with Crippen LogP contribution in [0.3, 0.4) is 0 Å². The van der Waals surface area contributed by atoms with Crippen LogP contribution < -0.4 is 5.32 Å². The zero-order valence-corrected chi connectivity index (χ0v) is 15.5. The van der Waals surface area contributed by atoms with Gasteiger partial charge < -0.3 is 15.0 Å². The molecular weight excluding hydrogens is 314 g/mol. The van der Waals surface area contributed by atoms with Gasteiger partial charge in [-0.05, 0) is 52.9 Å². The Morgan fingerprint density at radius 3 is 2.44 bits per heavy atom. The van der Waals surface area contributed by atoms with Crippen LogP contribution >= 0.6 is 0 Å². The van der Waals surface area contributed by atoms with E-state index in [2.05, 4.69) is 41.2 Å². The third kappa shape index (κ3) is 3.80. The Morgan fingerprint density at radius 1 is 1.12 bits per heavy atom. The number of aryl methyl sites for hydroxylation is 1. The van der Waals surface area contributed by atoms with Gasteiger partial charge in [0.2, 0.25) is 0 Å². The fourth-order valence-electron chi connectivity index (χ4n) is 3.21. The van der Waals surface area contributed by atoms with E-state index in [0.29, 0.717) is 0 Å². The zero-order chi connectivity index (χ0) is 17.9. The first-order valence-corrected chi connectivity index (χ1v) is 8.76. The van der Waals surface area contributed by atoms with Crippen LogP contribution in [0.1, 0.15) is 24.1 Å². The Morgan fingerprint density at radius 2 is 1.80 bits per heavy atom. The van der Waals surface area contributed by atoms with Gasteiger partial charge in [0.15, 0.2) is 5.82 Å². The molecule has 2 aromatic rings. The predicted octanol–water partition coefficient (Wildman–Crippen LogP) is 2.68. The molecule has 0 spiro atoms. The van der Waals surface area contributed by atoms with Crippen molar-refractivity contribution in [2.45, 2.75) is 32.2 Å². The molecule has 0 bridgehead atoms. The van der Waals surface area contributed by atoms with Crippen molar-refractivity contribution in [2.24, 2.45) is 0 Å². The van der Waals surface area contributed by atoms with Gasteiger partial charge in [-0.1, -0.05) is 0 Å². The molecule has 2 aromatic heterocycles. The molecule has 0 amide bonds. The second-order valence-electron chi connectivity index (χ2n) is 6.93. The second kappa shape index (κ2) is 7.45. The molecule has 3 heterocycles. The highest BCUT2D eigenvalue weighted by Gasteiger charge is 2.34. The third-order valence-electron chi connectivity index (χ3n) is 5.28. The maximum atomic E-state index is 5.56. The number of ether oxygens (including phenoxy) is 1. The van der Waals surface area contributed by atoms with Crippen LogP contribution in [0.15, 0.2) is 24.5 Å². The number of rotatable bonds is 5. The van der Waals surface area contributed by atoms with Crippen molar-refractivity contribution in [1.29, 1.82) is 0 Å². The van der Waals surface area contributed by atoms with Crippen LogP contribution in [-0.4, -0.2) is 59.2 Å². The molecule has 0 saturated carbocycles. The molecule has 1 aliphatic rings. The van der Waals surface area contributed by atoms with Gasteiger partial charge in [0, 0.05) is 54.5 Å². The minimum Gasteiger partial charge on any atom is -0.381 e. The number of aromatic nitrogens is 3. The van der Waals surface area contributed by atoms with Gasteiger partial charge >= 0.3 is 0 Å². The first-order chi connectivity index (χ1) is 12.0. The summed E-state index contributed by atoms with van der Waals surface area (Å²) >= 11 is 0. The highest BCUT2D eigenvalue weighted by atomic mass is 16.5. The highest BCUT2D eigenvalue weighted by Crippen LogP contribution is 2.28. The van der Waals surface area contributed by atoms with E-state index in [9.17, 15) is 0 Å². The lowest BCUT2D eigenvalue weighted by molar-refractivity contribution is -0.000670. The van der Waals surface area contributed by atoms with Gasteiger partial charge in [-0.15, -0.1) is 0 Å². The lowest BCUT2D eigenvalue weighted by Gasteiger charge is -2.43. The van der Waals surface area contributed by atoms with Crippen molar-refractivity contribution in [3.05, 3.63) is 35.8 Å². The van der Waals surface area contributed by atoms with E-state index in [4.69, 9.17) is 9.72 Å². The molecule has 1 saturated heterocycles. The number of nitrogens with zero attached hydrogens (tertiary/aromatic N) is 4. The molecule has 6 nitrogen and oxygen atoms in total. The van der Waals surface area contributed by atoms with Crippen molar-refractivity contribution in [2.75, 3.05) is 39.2 Å². The van der Waals surface area contributed by atoms with E-state index in [1.807, 2.05) is 19.1 Å². The summed E-state index contributed by atoms with van der Waals surface area (Å²) in [5, 5.41) is 3.59. The standard InChI is InChI=1S/C19H27N5O/c1-14-15(2)22-18(16-5-9-20-10-6-16)23-17(14)21-13-19(24(3)4)7-11-25-12-8-19/h5-6,9-10H,7-8,11-13H2,1-4H3,(H,21,22,23). The zero-order valence-electron chi connectivity index (χ0n) is 15.5. The molecule has 3 rings (SSSR count). The van der Waals surface area contributed by atoms with Crippen LogP contribution in [0.4, 0.5) is 5.82 Å². The fourth-order valence-corrected chi connectivity index (χ4v) is 3.21. The first kappa shape index (κ1) is 17.8. The molecule has 0 aliphatic carbocycles. The molecule has 1 aliphatic heterocycles. The molecule has 25 heavy (non-hydrogen) atoms. The molecule has 0 aromatic carbocycles. The summed E-state index contributed by atoms with van der Waals surface area (Å²) in [7, 11) is 4.29. The van der Waals surface area contributed by atoms with Crippen LogP contribution in [0, 0.1) is 13.8 Å². The Balaban J connectivity index is 1.85. The highest BCUT2D eigenvalue weighted by molar-refractivity contribution is 5.59. The summed E-state index contributed by atoms with van der Waals surface area (Å²) in [4.78, 5) is 15.8. The number of hydrogen-bond donors (Lipinski definition) is 1. The van der Waals surface area contributed by atoms with Crippen LogP contribution in [0.2, 0.25) is 0 Å². The topological polar surface area (TPSA) is 63.2 Å². The summed E-state index contributed by atoms with van der Waals surface area (Å²) in [5.74, 6) is 1.64. The number of anilines is 1. The van der Waals surface area contributed by atoms with Gasteiger partial charge in [0.05, 0.1) is 0 Å². The molecule has 1 fully saturated rings. The van der Waals surface area contributed by atoms with E-state index in [0.717, 1.165) is 61.1 Å². The molecule has 0 atom stereocenters. The van der Waals surface area contributed by atoms with Crippen molar-refractivity contribution in [1.82, 2.24) is 19.9 Å². The van der Waals surface area contributed by atoms with Gasteiger partial charge in [-0.25, -0.2) is 9.97 Å². The van der Waals surface area contributed by atoms with Crippen LogP contribution in [0.5, 0.6) is 0 Å². The Bertz CT molecular complexity index is 711. The molecule has 1 N–H and O–H groups in total. The summed E-state index contributed by atoms with van der Waals surface area (Å²) in [6, 6.07) is 3.88. The third-order valence-corrected chi connectivity index (χ3v) is 5.28. The van der Waals surface area contributed by atoms with E-state index in [1.54, 1.807) is 12.4 Å². The maximum absolute atomic E-state index is 5.56. The molecule has 134 valence electrons. The normalized spacial score (nSPS) is 16.8. The summed E-state index contributed by atoms with van der Waals surface area (Å²) in [6.45, 7) is 6.56. The minimum atomic E-state index is 0.0976. The number of likely N-dealkylation sites (N-methyl/N-ethyl adjacent to an activating group) is 1. The van der Waals surface area contributed by atoms with Crippen LogP contribution in [-0.2, 0) is 4.74 Å². The van der Waals surface area contributed by atoms with E-state index < -0.39 is 0 Å². The minimum absolute atomic E-state index is 0.0976. The molecule has 0 unspecified atom stereocenters. The average Bonchev–Trinajstić information content (AvgIpc) is 2.64. The summed E-state index contributed by atoms with van der Waals surface area (Å²) in [6.07, 6.45) is 5.58. The molecule has 6 heteroatoms. The van der Waals surface area contributed by atoms with Gasteiger partial charge in [0.1, 0.15) is 5.82 Å². The molecule has 0 radical (unpaired) electrons. The Kier molecular flexibility index (Phi) is 5.30. The number of pyridine rings is 1. The summed E-state index contributed by atoms with van der Waals surface area (Å²) < 4.78 is 5.56. The van der Waals surface area contributed by atoms with Crippen molar-refractivity contribution < 1.29 is 4.74 Å². The lowest BCUT2D eigenvalue weighted by Crippen LogP contribution is -2.53. The van der Waals surface area contributed by atoms with Crippen molar-refractivity contribution >= 4 is 5.82 Å². The molecular formula is C19H27N5O. The van der Waals surface area contributed by atoms with Gasteiger partial charge in [-0.2, -0.15) is 0 Å². The average molecular weight is 341 g/mol. The Labute approximate surface area is 149 Å². The summed E-state index contributed by atoms with van der Waals surface area (Å²) in [5.41, 5.74) is 3.17.